The summed E-state index contributed by atoms with van der Waals surface area (Å²) in [6, 6.07) is 3.25. The summed E-state index contributed by atoms with van der Waals surface area (Å²) >= 11 is 0. The summed E-state index contributed by atoms with van der Waals surface area (Å²) in [7, 11) is -3.51. The van der Waals surface area contributed by atoms with E-state index in [4.69, 9.17) is 9.47 Å². The molecular formula is C17H24N2O4S. The van der Waals surface area contributed by atoms with Gasteiger partial charge in [0, 0.05) is 38.5 Å². The van der Waals surface area contributed by atoms with Gasteiger partial charge in [-0.1, -0.05) is 0 Å². The van der Waals surface area contributed by atoms with Crippen molar-refractivity contribution in [1.29, 1.82) is 0 Å². The molecule has 1 aromatic heterocycles. The highest BCUT2D eigenvalue weighted by molar-refractivity contribution is 7.89. The van der Waals surface area contributed by atoms with Gasteiger partial charge in [0.25, 0.3) is 0 Å². The predicted molar refractivity (Wildman–Crippen MR) is 88.0 cm³/mol. The minimum absolute atomic E-state index is 0.103. The molecular weight excluding hydrogens is 328 g/mol. The lowest BCUT2D eigenvalue weighted by Gasteiger charge is -2.38. The van der Waals surface area contributed by atoms with E-state index in [1.807, 2.05) is 0 Å². The molecule has 132 valence electrons. The minimum atomic E-state index is -3.51. The molecule has 3 heterocycles. The smallest absolute Gasteiger partial charge is 0.244 e. The minimum Gasteiger partial charge on any atom is -0.375 e. The Bertz CT molecular complexity index is 677. The van der Waals surface area contributed by atoms with Crippen molar-refractivity contribution >= 4 is 10.0 Å². The van der Waals surface area contributed by atoms with Gasteiger partial charge in [-0.15, -0.1) is 0 Å². The fourth-order valence-corrected chi connectivity index (χ4v) is 5.18. The molecule has 2 aliphatic heterocycles. The maximum atomic E-state index is 12.8. The number of nitrogens with zero attached hydrogens (tertiary/aromatic N) is 2. The first kappa shape index (κ1) is 16.4. The van der Waals surface area contributed by atoms with Crippen molar-refractivity contribution in [1.82, 2.24) is 9.29 Å². The monoisotopic (exact) mass is 352 g/mol. The first-order valence-corrected chi connectivity index (χ1v) is 10.2. The van der Waals surface area contributed by atoms with Crippen LogP contribution in [0.15, 0.2) is 29.4 Å². The summed E-state index contributed by atoms with van der Waals surface area (Å²) < 4.78 is 39.2. The van der Waals surface area contributed by atoms with Crippen molar-refractivity contribution in [3.05, 3.63) is 24.5 Å². The third-order valence-corrected chi connectivity index (χ3v) is 7.04. The maximum absolute atomic E-state index is 12.8. The highest BCUT2D eigenvalue weighted by Crippen LogP contribution is 2.38. The van der Waals surface area contributed by atoms with E-state index in [0.717, 1.165) is 31.8 Å². The van der Waals surface area contributed by atoms with Crippen LogP contribution in [0.4, 0.5) is 0 Å². The average Bonchev–Trinajstić information content (AvgIpc) is 3.36. The van der Waals surface area contributed by atoms with Crippen LogP contribution >= 0.6 is 0 Å². The van der Waals surface area contributed by atoms with E-state index in [1.54, 1.807) is 22.6 Å². The van der Waals surface area contributed by atoms with Gasteiger partial charge in [0.15, 0.2) is 0 Å². The molecule has 1 spiro atoms. The van der Waals surface area contributed by atoms with E-state index in [9.17, 15) is 8.42 Å². The normalized spacial score (nSPS) is 31.6. The summed E-state index contributed by atoms with van der Waals surface area (Å²) in [4.78, 5) is 4.19. The first-order chi connectivity index (χ1) is 11.6. The second-order valence-electron chi connectivity index (χ2n) is 7.23. The Morgan fingerprint density at radius 3 is 3.04 bits per heavy atom. The fraction of sp³-hybridized carbons (Fsp3) is 0.706. The van der Waals surface area contributed by atoms with Crippen LogP contribution in [0.5, 0.6) is 0 Å². The quantitative estimate of drug-likeness (QED) is 0.808. The van der Waals surface area contributed by atoms with E-state index in [0.29, 0.717) is 19.7 Å². The van der Waals surface area contributed by atoms with Crippen LogP contribution in [0.25, 0.3) is 0 Å². The van der Waals surface area contributed by atoms with Gasteiger partial charge in [0.1, 0.15) is 4.90 Å². The van der Waals surface area contributed by atoms with Gasteiger partial charge in [0.2, 0.25) is 10.0 Å². The zero-order valence-electron chi connectivity index (χ0n) is 13.8. The Morgan fingerprint density at radius 2 is 2.29 bits per heavy atom. The van der Waals surface area contributed by atoms with Crippen LogP contribution in [0.2, 0.25) is 0 Å². The lowest BCUT2D eigenvalue weighted by molar-refractivity contribution is -0.0357. The molecule has 4 rings (SSSR count). The van der Waals surface area contributed by atoms with Crippen LogP contribution in [0, 0.1) is 5.92 Å². The van der Waals surface area contributed by atoms with Gasteiger partial charge >= 0.3 is 0 Å². The Balaban J connectivity index is 1.44. The topological polar surface area (TPSA) is 68.7 Å². The number of aromatic nitrogens is 1. The first-order valence-electron chi connectivity index (χ1n) is 8.73. The lowest BCUT2D eigenvalue weighted by Crippen LogP contribution is -2.50. The molecule has 2 atom stereocenters. The Hall–Kier alpha value is -1.02. The predicted octanol–water partition coefficient (Wildman–Crippen LogP) is 1.82. The van der Waals surface area contributed by atoms with Crippen LogP contribution in [0.1, 0.15) is 32.1 Å². The summed E-state index contributed by atoms with van der Waals surface area (Å²) in [5.41, 5.74) is -0.387. The molecule has 1 saturated carbocycles. The molecule has 3 aliphatic rings. The maximum Gasteiger partial charge on any atom is 0.244 e. The third kappa shape index (κ3) is 3.35. The van der Waals surface area contributed by atoms with Gasteiger partial charge in [-0.2, -0.15) is 4.31 Å². The third-order valence-electron chi connectivity index (χ3n) is 5.22. The number of hydrogen-bond donors (Lipinski definition) is 0. The Morgan fingerprint density at radius 1 is 1.42 bits per heavy atom. The molecule has 6 nitrogen and oxygen atoms in total. The largest absolute Gasteiger partial charge is 0.375 e. The molecule has 0 N–H and O–H groups in total. The van der Waals surface area contributed by atoms with E-state index in [2.05, 4.69) is 4.98 Å². The standard InChI is InChI=1S/C17H24N2O4S/c20-24(21,16-3-1-7-18-10-16)19-8-2-6-17(13-19)9-15(12-23-17)22-11-14-4-5-14/h1,3,7,10,14-15H,2,4-6,8-9,11-13H2/t15-,17-/m0/s1. The van der Waals surface area contributed by atoms with Crippen LogP contribution in [-0.4, -0.2) is 55.7 Å². The van der Waals surface area contributed by atoms with E-state index in [-0.39, 0.29) is 16.6 Å². The summed E-state index contributed by atoms with van der Waals surface area (Å²) in [6.07, 6.45) is 8.15. The summed E-state index contributed by atoms with van der Waals surface area (Å²) in [5, 5.41) is 0. The van der Waals surface area contributed by atoms with E-state index in [1.165, 1.54) is 19.0 Å². The lowest BCUT2D eigenvalue weighted by atomic mass is 9.90. The molecule has 0 radical (unpaired) electrons. The zero-order chi connectivity index (χ0) is 16.6. The number of pyridine rings is 1. The number of sulfonamides is 1. The molecule has 0 aromatic carbocycles. The highest BCUT2D eigenvalue weighted by Gasteiger charge is 2.46. The molecule has 1 aliphatic carbocycles. The highest BCUT2D eigenvalue weighted by atomic mass is 32.2. The van der Waals surface area contributed by atoms with Crippen molar-refractivity contribution in [3.8, 4) is 0 Å². The van der Waals surface area contributed by atoms with Crippen molar-refractivity contribution in [2.75, 3.05) is 26.3 Å². The molecule has 24 heavy (non-hydrogen) atoms. The van der Waals surface area contributed by atoms with Crippen molar-refractivity contribution < 1.29 is 17.9 Å². The zero-order valence-corrected chi connectivity index (χ0v) is 14.6. The van der Waals surface area contributed by atoms with Gasteiger partial charge < -0.3 is 9.47 Å². The number of rotatable bonds is 5. The molecule has 2 saturated heterocycles. The summed E-state index contributed by atoms with van der Waals surface area (Å²) in [6.45, 7) is 2.35. The number of ether oxygens (including phenoxy) is 2. The van der Waals surface area contributed by atoms with Crippen molar-refractivity contribution in [3.63, 3.8) is 0 Å². The molecule has 1 aromatic rings. The van der Waals surface area contributed by atoms with Crippen molar-refractivity contribution in [2.24, 2.45) is 5.92 Å². The van der Waals surface area contributed by atoms with E-state index < -0.39 is 10.0 Å². The van der Waals surface area contributed by atoms with Gasteiger partial charge in [0.05, 0.1) is 18.3 Å². The second kappa shape index (κ2) is 6.37. The van der Waals surface area contributed by atoms with Crippen LogP contribution in [-0.2, 0) is 19.5 Å². The second-order valence-corrected chi connectivity index (χ2v) is 9.17. The fourth-order valence-electron chi connectivity index (χ4n) is 3.66. The molecule has 0 unspecified atom stereocenters. The van der Waals surface area contributed by atoms with Gasteiger partial charge in [-0.05, 0) is 43.7 Å². The molecule has 0 bridgehead atoms. The molecule has 7 heteroatoms. The van der Waals surface area contributed by atoms with Crippen LogP contribution in [0.3, 0.4) is 0 Å². The van der Waals surface area contributed by atoms with Gasteiger partial charge in [-0.25, -0.2) is 8.42 Å². The SMILES string of the molecule is O=S(=O)(c1cccnc1)N1CCC[C@]2(C[C@H](OCC3CC3)CO2)C1. The van der Waals surface area contributed by atoms with Crippen molar-refractivity contribution in [2.45, 2.75) is 48.7 Å². The number of piperidine rings is 1. The van der Waals surface area contributed by atoms with Crippen LogP contribution < -0.4 is 0 Å². The Kier molecular flexibility index (Phi) is 4.36. The van der Waals surface area contributed by atoms with E-state index >= 15 is 0 Å². The molecule has 0 amide bonds. The van der Waals surface area contributed by atoms with Gasteiger partial charge in [-0.3, -0.25) is 4.98 Å². The number of hydrogen-bond acceptors (Lipinski definition) is 5. The Labute approximate surface area is 143 Å². The molecule has 3 fully saturated rings. The summed E-state index contributed by atoms with van der Waals surface area (Å²) in [5.74, 6) is 0.732. The average molecular weight is 352 g/mol.